The quantitative estimate of drug-likeness (QED) is 0.0918. The van der Waals surface area contributed by atoms with Gasteiger partial charge in [-0.3, -0.25) is 43.3 Å². The molecule has 0 saturated heterocycles. The van der Waals surface area contributed by atoms with Gasteiger partial charge in [-0.2, -0.15) is 39.5 Å². The summed E-state index contributed by atoms with van der Waals surface area (Å²) in [5.41, 5.74) is -11.2. The average molecular weight is 1220 g/mol. The van der Waals surface area contributed by atoms with Crippen molar-refractivity contribution in [2.75, 3.05) is 21.7 Å². The number of hydrogen-bond acceptors (Lipinski definition) is 8. The number of nitrogens with zero attached hydrogens (tertiary/aromatic N) is 4. The topological polar surface area (TPSA) is 150 Å². The van der Waals surface area contributed by atoms with E-state index in [-0.39, 0.29) is 50.4 Å². The number of carbonyl (C=O) groups is 8. The van der Waals surface area contributed by atoms with Gasteiger partial charge < -0.3 is 0 Å². The second kappa shape index (κ2) is 20.1. The second-order valence-corrected chi connectivity index (χ2v) is 22.8. The van der Waals surface area contributed by atoms with Crippen LogP contribution in [0.2, 0.25) is 0 Å². The van der Waals surface area contributed by atoms with Gasteiger partial charge in [0.05, 0.1) is 61.6 Å². The Morgan fingerprint density at radius 3 is 0.820 bits per heavy atom. The van der Waals surface area contributed by atoms with Crippen molar-refractivity contribution in [1.29, 1.82) is 0 Å². The fourth-order valence-electron chi connectivity index (χ4n) is 12.1. The van der Waals surface area contributed by atoms with Crippen LogP contribution < -0.4 is 14.7 Å². The van der Waals surface area contributed by atoms with E-state index in [0.717, 1.165) is 169 Å². The molecule has 0 aliphatic carbocycles. The highest BCUT2D eigenvalue weighted by atomic mass is 19.4. The van der Waals surface area contributed by atoms with Gasteiger partial charge in [-0.25, -0.2) is 14.7 Å². The predicted molar refractivity (Wildman–Crippen MR) is 306 cm³/mol. The van der Waals surface area contributed by atoms with Gasteiger partial charge >= 0.3 is 18.5 Å². The SMILES string of the molecule is Cc1ccc(Cc2ccc(N3C(=O)c4ccc(C(C)(c5ccc6c(c5)C(=O)N(c5ccc(C(C)(c7ccc(N8C(=O)c9ccc(C(C)(c%10ccc%11c(c%10)C(=O)N(C)C%11=O)C(F)(F)F)cc9C8=O)cc7)C(F)(F)F)cc5)C6=O)C(F)(F)F)cc4C3=O)cc2)cc1. The molecular weight excluding hydrogens is 1170 g/mol. The zero-order valence-corrected chi connectivity index (χ0v) is 47.3. The van der Waals surface area contributed by atoms with Crippen LogP contribution in [0.4, 0.5) is 56.6 Å². The van der Waals surface area contributed by atoms with Gasteiger partial charge in [0.25, 0.3) is 47.3 Å². The third kappa shape index (κ3) is 8.82. The van der Waals surface area contributed by atoms with Gasteiger partial charge in [0.15, 0.2) is 0 Å². The molecule has 8 aromatic rings. The number of carbonyl (C=O) groups excluding carboxylic acids is 8. The molecule has 4 aliphatic rings. The molecule has 12 rings (SSSR count). The lowest BCUT2D eigenvalue weighted by atomic mass is 9.74. The molecule has 0 N–H and O–H groups in total. The van der Waals surface area contributed by atoms with E-state index in [2.05, 4.69) is 0 Å². The first-order chi connectivity index (χ1) is 41.8. The molecule has 21 heteroatoms. The van der Waals surface area contributed by atoms with E-state index in [1.807, 2.05) is 31.2 Å². The normalized spacial score (nSPS) is 17.1. The lowest BCUT2D eigenvalue weighted by Gasteiger charge is -2.34. The summed E-state index contributed by atoms with van der Waals surface area (Å²) in [6.07, 6.45) is -14.7. The van der Waals surface area contributed by atoms with Gasteiger partial charge in [-0.15, -0.1) is 0 Å². The number of anilines is 3. The molecule has 0 fully saturated rings. The molecule has 12 nitrogen and oxygen atoms in total. The number of fused-ring (bicyclic) bond motifs is 4. The summed E-state index contributed by atoms with van der Waals surface area (Å²) >= 11 is 0. The minimum Gasteiger partial charge on any atom is -0.277 e. The molecule has 89 heavy (non-hydrogen) atoms. The van der Waals surface area contributed by atoms with Crippen molar-refractivity contribution >= 4 is 64.3 Å². The average Bonchev–Trinajstić information content (AvgIpc) is 1.82. The third-order valence-electron chi connectivity index (χ3n) is 17.9. The number of halogens is 9. The van der Waals surface area contributed by atoms with Gasteiger partial charge in [0.2, 0.25) is 0 Å². The smallest absolute Gasteiger partial charge is 0.277 e. The summed E-state index contributed by atoms with van der Waals surface area (Å²) in [6, 6.07) is 34.7. The first kappa shape index (κ1) is 59.0. The van der Waals surface area contributed by atoms with Crippen LogP contribution in [0.15, 0.2) is 170 Å². The van der Waals surface area contributed by atoms with E-state index in [1.165, 1.54) is 7.05 Å². The minimum absolute atomic E-state index is 0.105. The van der Waals surface area contributed by atoms with Crippen LogP contribution in [0.1, 0.15) is 154 Å². The Labute approximate surface area is 500 Å². The van der Waals surface area contributed by atoms with Crippen LogP contribution in [0.25, 0.3) is 0 Å². The van der Waals surface area contributed by atoms with E-state index in [0.29, 0.717) is 16.2 Å². The lowest BCUT2D eigenvalue weighted by Crippen LogP contribution is -2.41. The Kier molecular flexibility index (Phi) is 13.3. The maximum Gasteiger partial charge on any atom is 0.402 e. The van der Waals surface area contributed by atoms with Crippen molar-refractivity contribution in [2.45, 2.75) is 68.9 Å². The Bertz CT molecular complexity index is 4450. The molecule has 448 valence electrons. The molecule has 8 amide bonds. The minimum atomic E-state index is -5.12. The zero-order chi connectivity index (χ0) is 64.0. The van der Waals surface area contributed by atoms with Crippen molar-refractivity contribution in [3.05, 3.63) is 264 Å². The van der Waals surface area contributed by atoms with Crippen molar-refractivity contribution in [1.82, 2.24) is 4.90 Å². The van der Waals surface area contributed by atoms with E-state index >= 15 is 39.5 Å². The summed E-state index contributed by atoms with van der Waals surface area (Å²) in [7, 11) is 1.18. The summed E-state index contributed by atoms with van der Waals surface area (Å²) in [6.45, 7) is 4.41. The Hall–Kier alpha value is -10.3. The highest BCUT2D eigenvalue weighted by molar-refractivity contribution is 6.36. The fourth-order valence-corrected chi connectivity index (χ4v) is 12.1. The highest BCUT2D eigenvalue weighted by Crippen LogP contribution is 2.52. The maximum atomic E-state index is 15.6. The molecular formula is C68H45F9N4O8. The number of alkyl halides is 9. The van der Waals surface area contributed by atoms with Gasteiger partial charge in [-0.05, 0) is 164 Å². The number of rotatable bonds is 11. The van der Waals surface area contributed by atoms with Gasteiger partial charge in [0, 0.05) is 7.05 Å². The molecule has 3 unspecified atom stereocenters. The van der Waals surface area contributed by atoms with Crippen LogP contribution in [-0.4, -0.2) is 77.7 Å². The standard InChI is InChI=1S/C68H45F9N4O8/c1-35-6-8-36(9-7-35)30-37-10-20-44(21-11-37)79-57(84)48-27-18-42(33-52(48)60(79)87)65(4,68(75,76)77)43-19-29-50-54(34-43)62(89)81(59(50)86)46-24-14-39(15-25-46)63(2,66(69,70)71)38-12-22-45(23-13-38)80-58(85)49-28-17-41(32-53(49)61(80)88)64(3,67(72,73)74)40-16-26-47-51(31-40)56(83)78(5)55(47)82/h6-29,31-34H,30H2,1-5H3. The zero-order valence-electron chi connectivity index (χ0n) is 47.3. The summed E-state index contributed by atoms with van der Waals surface area (Å²) in [4.78, 5) is 112. The molecule has 0 aromatic heterocycles. The fraction of sp³-hybridized carbons (Fsp3) is 0.176. The Balaban J connectivity index is 0.782. The van der Waals surface area contributed by atoms with Crippen molar-refractivity contribution in [2.24, 2.45) is 0 Å². The monoisotopic (exact) mass is 1220 g/mol. The molecule has 0 bridgehead atoms. The molecule has 4 aliphatic heterocycles. The Morgan fingerprint density at radius 2 is 0.517 bits per heavy atom. The maximum absolute atomic E-state index is 15.6. The van der Waals surface area contributed by atoms with E-state index in [1.54, 1.807) is 24.3 Å². The lowest BCUT2D eigenvalue weighted by molar-refractivity contribution is -0.173. The molecule has 0 radical (unpaired) electrons. The van der Waals surface area contributed by atoms with Crippen molar-refractivity contribution in [3.8, 4) is 0 Å². The number of aryl methyl sites for hydroxylation is 1. The highest BCUT2D eigenvalue weighted by Gasteiger charge is 2.58. The van der Waals surface area contributed by atoms with Crippen LogP contribution in [0.3, 0.4) is 0 Å². The van der Waals surface area contributed by atoms with Gasteiger partial charge in [-0.1, -0.05) is 90.5 Å². The molecule has 0 spiro atoms. The number of hydrogen-bond donors (Lipinski definition) is 0. The van der Waals surface area contributed by atoms with E-state index in [4.69, 9.17) is 0 Å². The Morgan fingerprint density at radius 1 is 0.292 bits per heavy atom. The van der Waals surface area contributed by atoms with Gasteiger partial charge in [0.1, 0.15) is 16.2 Å². The molecule has 8 aromatic carbocycles. The van der Waals surface area contributed by atoms with Crippen LogP contribution in [0, 0.1) is 6.92 Å². The number of benzene rings is 8. The van der Waals surface area contributed by atoms with E-state index in [9.17, 15) is 38.4 Å². The van der Waals surface area contributed by atoms with Crippen molar-refractivity contribution in [3.63, 3.8) is 0 Å². The first-order valence-electron chi connectivity index (χ1n) is 27.4. The molecule has 0 saturated carbocycles. The van der Waals surface area contributed by atoms with Crippen molar-refractivity contribution < 1.29 is 77.9 Å². The summed E-state index contributed by atoms with van der Waals surface area (Å²) in [5.74, 6) is -7.34. The second-order valence-electron chi connectivity index (χ2n) is 22.8. The largest absolute Gasteiger partial charge is 0.402 e. The number of amides is 8. The first-order valence-corrected chi connectivity index (χ1v) is 27.4. The van der Waals surface area contributed by atoms with E-state index < -0.39 is 127 Å². The summed E-state index contributed by atoms with van der Waals surface area (Å²) < 4.78 is 139. The molecule has 3 atom stereocenters. The number of imide groups is 4. The predicted octanol–water partition coefficient (Wildman–Crippen LogP) is 13.8. The van der Waals surface area contributed by atoms with Crippen LogP contribution >= 0.6 is 0 Å². The summed E-state index contributed by atoms with van der Waals surface area (Å²) in [5, 5.41) is 0. The van der Waals surface area contributed by atoms with Crippen LogP contribution in [0.5, 0.6) is 0 Å². The third-order valence-corrected chi connectivity index (χ3v) is 17.9. The molecule has 4 heterocycles. The van der Waals surface area contributed by atoms with Crippen LogP contribution in [-0.2, 0) is 22.7 Å².